The predicted molar refractivity (Wildman–Crippen MR) is 102 cm³/mol. The minimum atomic E-state index is -0.171. The summed E-state index contributed by atoms with van der Waals surface area (Å²) in [7, 11) is 0. The second-order valence-corrected chi connectivity index (χ2v) is 8.97. The van der Waals surface area contributed by atoms with Crippen molar-refractivity contribution in [1.29, 1.82) is 0 Å². The Morgan fingerprint density at radius 1 is 1.19 bits per heavy atom. The largest absolute Gasteiger partial charge is 0.381 e. The molecule has 1 atom stereocenters. The van der Waals surface area contributed by atoms with E-state index in [-0.39, 0.29) is 23.1 Å². The van der Waals surface area contributed by atoms with E-state index in [0.29, 0.717) is 32.8 Å². The highest BCUT2D eigenvalue weighted by Crippen LogP contribution is 2.45. The molecule has 7 heteroatoms. The summed E-state index contributed by atoms with van der Waals surface area (Å²) in [5.74, 6) is -0.0727. The average molecular weight is 391 g/mol. The number of rotatable bonds is 4. The first kappa shape index (κ1) is 17.7. The molecule has 2 saturated heterocycles. The van der Waals surface area contributed by atoms with Crippen LogP contribution in [0.4, 0.5) is 0 Å². The number of nitrogens with one attached hydrogen (secondary N) is 1. The molecule has 4 heterocycles. The Labute approximate surface area is 161 Å². The zero-order valence-corrected chi connectivity index (χ0v) is 16.1. The van der Waals surface area contributed by atoms with E-state index >= 15 is 0 Å². The van der Waals surface area contributed by atoms with Crippen molar-refractivity contribution in [2.75, 3.05) is 26.3 Å². The zero-order chi connectivity index (χ0) is 18.0. The standard InChI is InChI=1S/C19H22N2O3S2/c22-17(20-11-14-3-1-9-25-14)15-12-21(18(23)16-4-2-10-26-16)13-19(15)5-7-24-8-6-19/h1-4,9-10,15H,5-8,11-13H2,(H,20,22)/t15-/m1/s1. The maximum absolute atomic E-state index is 13.0. The van der Waals surface area contributed by atoms with Crippen molar-refractivity contribution in [2.24, 2.45) is 11.3 Å². The van der Waals surface area contributed by atoms with Gasteiger partial charge in [-0.2, -0.15) is 0 Å². The minimum Gasteiger partial charge on any atom is -0.381 e. The second kappa shape index (κ2) is 7.50. The Morgan fingerprint density at radius 3 is 2.65 bits per heavy atom. The second-order valence-electron chi connectivity index (χ2n) is 6.99. The van der Waals surface area contributed by atoms with Crippen molar-refractivity contribution in [1.82, 2.24) is 10.2 Å². The highest BCUT2D eigenvalue weighted by molar-refractivity contribution is 7.12. The van der Waals surface area contributed by atoms with Gasteiger partial charge < -0.3 is 15.0 Å². The lowest BCUT2D eigenvalue weighted by atomic mass is 9.72. The summed E-state index contributed by atoms with van der Waals surface area (Å²) in [6.07, 6.45) is 1.66. The first-order valence-electron chi connectivity index (χ1n) is 8.89. The van der Waals surface area contributed by atoms with E-state index < -0.39 is 0 Å². The van der Waals surface area contributed by atoms with E-state index in [9.17, 15) is 9.59 Å². The number of nitrogens with zero attached hydrogens (tertiary/aromatic N) is 1. The van der Waals surface area contributed by atoms with Crippen molar-refractivity contribution in [3.63, 3.8) is 0 Å². The van der Waals surface area contributed by atoms with E-state index in [1.165, 1.54) is 11.3 Å². The molecule has 1 spiro atoms. The molecular weight excluding hydrogens is 368 g/mol. The van der Waals surface area contributed by atoms with Crippen molar-refractivity contribution in [3.8, 4) is 0 Å². The van der Waals surface area contributed by atoms with Crippen LogP contribution in [0.3, 0.4) is 0 Å². The summed E-state index contributed by atoms with van der Waals surface area (Å²) in [5, 5.41) is 7.02. The highest BCUT2D eigenvalue weighted by Gasteiger charge is 2.51. The summed E-state index contributed by atoms with van der Waals surface area (Å²) < 4.78 is 5.54. The monoisotopic (exact) mass is 390 g/mol. The maximum atomic E-state index is 13.0. The van der Waals surface area contributed by atoms with Gasteiger partial charge in [-0.3, -0.25) is 9.59 Å². The van der Waals surface area contributed by atoms with Gasteiger partial charge in [-0.05, 0) is 35.7 Å². The highest BCUT2D eigenvalue weighted by atomic mass is 32.1. The molecule has 2 aromatic heterocycles. The van der Waals surface area contributed by atoms with Gasteiger partial charge in [-0.25, -0.2) is 0 Å². The number of thiophene rings is 2. The fourth-order valence-electron chi connectivity index (χ4n) is 4.04. The molecule has 0 aromatic carbocycles. The van der Waals surface area contributed by atoms with E-state index in [0.717, 1.165) is 22.6 Å². The number of hydrogen-bond acceptors (Lipinski definition) is 5. The maximum Gasteiger partial charge on any atom is 0.263 e. The number of carbonyl (C=O) groups excluding carboxylic acids is 2. The molecule has 2 amide bonds. The van der Waals surface area contributed by atoms with Crippen LogP contribution in [0, 0.1) is 11.3 Å². The number of ether oxygens (including phenoxy) is 1. The van der Waals surface area contributed by atoms with Gasteiger partial charge >= 0.3 is 0 Å². The van der Waals surface area contributed by atoms with Crippen molar-refractivity contribution >= 4 is 34.5 Å². The zero-order valence-electron chi connectivity index (χ0n) is 14.5. The van der Waals surface area contributed by atoms with Gasteiger partial charge in [-0.1, -0.05) is 12.1 Å². The van der Waals surface area contributed by atoms with Crippen molar-refractivity contribution in [3.05, 3.63) is 44.8 Å². The van der Waals surface area contributed by atoms with Gasteiger partial charge in [0.15, 0.2) is 0 Å². The fraction of sp³-hybridized carbons (Fsp3) is 0.474. The lowest BCUT2D eigenvalue weighted by molar-refractivity contribution is -0.130. The Morgan fingerprint density at radius 2 is 1.96 bits per heavy atom. The van der Waals surface area contributed by atoms with Gasteiger partial charge in [0.05, 0.1) is 17.3 Å². The molecule has 5 nitrogen and oxygen atoms in total. The number of hydrogen-bond donors (Lipinski definition) is 1. The third-order valence-electron chi connectivity index (χ3n) is 5.49. The van der Waals surface area contributed by atoms with E-state index in [1.54, 1.807) is 11.3 Å². The van der Waals surface area contributed by atoms with Crippen molar-refractivity contribution < 1.29 is 14.3 Å². The topological polar surface area (TPSA) is 58.6 Å². The Kier molecular flexibility index (Phi) is 5.11. The van der Waals surface area contributed by atoms with Crippen LogP contribution >= 0.6 is 22.7 Å². The van der Waals surface area contributed by atoms with Gasteiger partial charge in [0, 0.05) is 36.6 Å². The minimum absolute atomic E-state index is 0.0411. The summed E-state index contributed by atoms with van der Waals surface area (Å²) in [4.78, 5) is 29.6. The summed E-state index contributed by atoms with van der Waals surface area (Å²) in [6, 6.07) is 7.76. The van der Waals surface area contributed by atoms with Crippen LogP contribution < -0.4 is 5.32 Å². The summed E-state index contributed by atoms with van der Waals surface area (Å²) >= 11 is 3.10. The van der Waals surface area contributed by atoms with Gasteiger partial charge in [-0.15, -0.1) is 22.7 Å². The summed E-state index contributed by atoms with van der Waals surface area (Å²) in [6.45, 7) is 3.01. The molecule has 2 fully saturated rings. The molecule has 0 bridgehead atoms. The SMILES string of the molecule is O=C(NCc1cccs1)[C@H]1CN(C(=O)c2cccs2)CC12CCOCC2. The number of carbonyl (C=O) groups is 2. The first-order valence-corrected chi connectivity index (χ1v) is 10.6. The summed E-state index contributed by atoms with van der Waals surface area (Å²) in [5.41, 5.74) is -0.162. The Bertz CT molecular complexity index is 752. The van der Waals surface area contributed by atoms with Crippen LogP contribution in [0.15, 0.2) is 35.0 Å². The molecule has 0 unspecified atom stereocenters. The van der Waals surface area contributed by atoms with Crippen molar-refractivity contribution in [2.45, 2.75) is 19.4 Å². The van der Waals surface area contributed by atoms with Gasteiger partial charge in [0.2, 0.25) is 5.91 Å². The smallest absolute Gasteiger partial charge is 0.263 e. The third kappa shape index (κ3) is 3.43. The van der Waals surface area contributed by atoms with Gasteiger partial charge in [0.1, 0.15) is 0 Å². The van der Waals surface area contributed by atoms with Gasteiger partial charge in [0.25, 0.3) is 5.91 Å². The fourth-order valence-corrected chi connectivity index (χ4v) is 5.37. The molecule has 2 aliphatic heterocycles. The molecule has 138 valence electrons. The molecule has 0 saturated carbocycles. The number of likely N-dealkylation sites (tertiary alicyclic amines) is 1. The molecule has 0 aliphatic carbocycles. The van der Waals surface area contributed by atoms with E-state index in [2.05, 4.69) is 5.32 Å². The van der Waals surface area contributed by atoms with Crippen LogP contribution in [0.25, 0.3) is 0 Å². The molecule has 1 N–H and O–H groups in total. The molecule has 4 rings (SSSR count). The Balaban J connectivity index is 1.50. The van der Waals surface area contributed by atoms with E-state index in [4.69, 9.17) is 4.74 Å². The molecule has 0 radical (unpaired) electrons. The predicted octanol–water partition coefficient (Wildman–Crippen LogP) is 2.99. The lowest BCUT2D eigenvalue weighted by Gasteiger charge is -2.37. The van der Waals surface area contributed by atoms with Crippen LogP contribution in [0.5, 0.6) is 0 Å². The average Bonchev–Trinajstić information content (AvgIpc) is 3.41. The third-order valence-corrected chi connectivity index (χ3v) is 7.22. The molecular formula is C19H22N2O3S2. The first-order chi connectivity index (χ1) is 12.7. The molecule has 2 aliphatic rings. The normalized spacial score (nSPS) is 21.8. The van der Waals surface area contributed by atoms with Crippen LogP contribution in [-0.4, -0.2) is 43.0 Å². The molecule has 2 aromatic rings. The quantitative estimate of drug-likeness (QED) is 0.873. The van der Waals surface area contributed by atoms with E-state index in [1.807, 2.05) is 39.9 Å². The van der Waals surface area contributed by atoms with Crippen LogP contribution in [0.1, 0.15) is 27.4 Å². The molecule has 26 heavy (non-hydrogen) atoms. The van der Waals surface area contributed by atoms with Crippen LogP contribution in [0.2, 0.25) is 0 Å². The Hall–Kier alpha value is -1.70. The number of amides is 2. The lowest BCUT2D eigenvalue weighted by Crippen LogP contribution is -2.44. The van der Waals surface area contributed by atoms with Crippen LogP contribution in [-0.2, 0) is 16.1 Å².